The molecule has 0 amide bonds. The Kier molecular flexibility index (Phi) is 4.57. The van der Waals surface area contributed by atoms with Gasteiger partial charge in [0.1, 0.15) is 0 Å². The van der Waals surface area contributed by atoms with E-state index in [-0.39, 0.29) is 4.90 Å². The summed E-state index contributed by atoms with van der Waals surface area (Å²) in [7, 11) is -0.217. The monoisotopic (exact) mass is 382 g/mol. The second kappa shape index (κ2) is 6.90. The van der Waals surface area contributed by atoms with Crippen LogP contribution in [-0.2, 0) is 23.5 Å². The summed E-state index contributed by atoms with van der Waals surface area (Å²) in [4.78, 5) is 9.24. The Labute approximate surface area is 159 Å². The molecule has 0 bridgehead atoms. The molecule has 1 fully saturated rings. The molecule has 0 aliphatic heterocycles. The fourth-order valence-electron chi connectivity index (χ4n) is 3.18. The Morgan fingerprint density at radius 3 is 2.59 bits per heavy atom. The quantitative estimate of drug-likeness (QED) is 0.711. The van der Waals surface area contributed by atoms with E-state index in [2.05, 4.69) is 26.8 Å². The van der Waals surface area contributed by atoms with Gasteiger partial charge in [0, 0.05) is 37.1 Å². The molecule has 2 aromatic heterocycles. The summed E-state index contributed by atoms with van der Waals surface area (Å²) in [6.07, 6.45) is 8.70. The topological polar surface area (TPSA) is 76.9 Å². The first kappa shape index (κ1) is 17.9. The molecule has 0 spiro atoms. The number of hydrogen-bond donors (Lipinski definition) is 1. The van der Waals surface area contributed by atoms with Crippen LogP contribution in [0.2, 0.25) is 0 Å². The van der Waals surface area contributed by atoms with Gasteiger partial charge in [-0.2, -0.15) is 0 Å². The summed E-state index contributed by atoms with van der Waals surface area (Å²) in [5.74, 6) is 0.682. The van der Waals surface area contributed by atoms with Gasteiger partial charge in [-0.25, -0.2) is 18.1 Å². The minimum atomic E-state index is -3.52. The zero-order valence-electron chi connectivity index (χ0n) is 15.4. The Hall–Kier alpha value is -2.51. The number of pyridine rings is 1. The lowest BCUT2D eigenvalue weighted by molar-refractivity contribution is 0.588. The van der Waals surface area contributed by atoms with Crippen LogP contribution in [0.15, 0.2) is 53.9 Å². The summed E-state index contributed by atoms with van der Waals surface area (Å²) in [6, 6.07) is 9.38. The lowest BCUT2D eigenvalue weighted by Gasteiger charge is -2.11. The van der Waals surface area contributed by atoms with Crippen molar-refractivity contribution < 1.29 is 8.42 Å². The molecule has 0 saturated heterocycles. The molecule has 0 atom stereocenters. The van der Waals surface area contributed by atoms with Crippen LogP contribution in [0, 0.1) is 0 Å². The summed E-state index contributed by atoms with van der Waals surface area (Å²) >= 11 is 0. The van der Waals surface area contributed by atoms with E-state index < -0.39 is 10.0 Å². The summed E-state index contributed by atoms with van der Waals surface area (Å²) in [6.45, 7) is 0. The first-order valence-electron chi connectivity index (χ1n) is 8.96. The highest BCUT2D eigenvalue weighted by Crippen LogP contribution is 2.39. The third-order valence-electron chi connectivity index (χ3n) is 4.91. The van der Waals surface area contributed by atoms with Crippen LogP contribution in [0.4, 0.5) is 0 Å². The minimum absolute atomic E-state index is 0.228. The van der Waals surface area contributed by atoms with Crippen LogP contribution < -0.4 is 4.72 Å². The van der Waals surface area contributed by atoms with E-state index in [9.17, 15) is 8.42 Å². The van der Waals surface area contributed by atoms with Gasteiger partial charge in [0.2, 0.25) is 10.0 Å². The van der Waals surface area contributed by atoms with Crippen LogP contribution in [0.5, 0.6) is 0 Å². The van der Waals surface area contributed by atoms with Gasteiger partial charge in [-0.3, -0.25) is 4.98 Å². The highest BCUT2D eigenvalue weighted by molar-refractivity contribution is 7.89. The number of imidazole rings is 1. The second-order valence-corrected chi connectivity index (χ2v) is 8.87. The molecule has 0 unspecified atom stereocenters. The van der Waals surface area contributed by atoms with Crippen molar-refractivity contribution in [2.45, 2.75) is 30.1 Å². The number of hydrogen-bond acceptors (Lipinski definition) is 4. The molecule has 6 nitrogen and oxygen atoms in total. The van der Waals surface area contributed by atoms with Crippen LogP contribution in [0.3, 0.4) is 0 Å². The van der Waals surface area contributed by atoms with E-state index in [0.29, 0.717) is 12.3 Å². The molecule has 1 saturated carbocycles. The van der Waals surface area contributed by atoms with E-state index in [1.54, 1.807) is 18.5 Å². The highest BCUT2D eigenvalue weighted by atomic mass is 32.2. The molecule has 7 heteroatoms. The van der Waals surface area contributed by atoms with Gasteiger partial charge in [-0.15, -0.1) is 0 Å². The van der Waals surface area contributed by atoms with Crippen molar-refractivity contribution in [2.24, 2.45) is 7.05 Å². The first-order chi connectivity index (χ1) is 13.0. The molecule has 1 aliphatic rings. The van der Waals surface area contributed by atoms with Crippen molar-refractivity contribution in [1.29, 1.82) is 0 Å². The molecule has 0 radical (unpaired) electrons. The molecule has 27 heavy (non-hydrogen) atoms. The third kappa shape index (κ3) is 3.79. The Morgan fingerprint density at radius 2 is 2.00 bits per heavy atom. The number of benzene rings is 1. The number of nitrogens with one attached hydrogen (secondary N) is 1. The van der Waals surface area contributed by atoms with Gasteiger partial charge in [-0.05, 0) is 55.1 Å². The van der Waals surface area contributed by atoms with E-state index >= 15 is 0 Å². The average Bonchev–Trinajstić information content (AvgIpc) is 3.43. The molecule has 1 aliphatic carbocycles. The van der Waals surface area contributed by atoms with Gasteiger partial charge in [0.25, 0.3) is 0 Å². The van der Waals surface area contributed by atoms with Crippen LogP contribution in [-0.4, -0.2) is 30.0 Å². The van der Waals surface area contributed by atoms with E-state index in [1.165, 1.54) is 25.5 Å². The first-order valence-corrected chi connectivity index (χ1v) is 10.4. The van der Waals surface area contributed by atoms with Crippen LogP contribution in [0.25, 0.3) is 11.3 Å². The maximum absolute atomic E-state index is 12.2. The van der Waals surface area contributed by atoms with Gasteiger partial charge in [0.15, 0.2) is 0 Å². The molecule has 140 valence electrons. The highest BCUT2D eigenvalue weighted by Gasteiger charge is 2.23. The smallest absolute Gasteiger partial charge is 0.240 e. The second-order valence-electron chi connectivity index (χ2n) is 6.98. The van der Waals surface area contributed by atoms with E-state index in [1.807, 2.05) is 30.1 Å². The van der Waals surface area contributed by atoms with Crippen molar-refractivity contribution in [3.05, 3.63) is 65.9 Å². The van der Waals surface area contributed by atoms with Crippen LogP contribution >= 0.6 is 0 Å². The zero-order valence-corrected chi connectivity index (χ0v) is 16.2. The standard InChI is InChI=1S/C20H22N4O2S/c1-21-27(25,26)18-8-6-15(19(10-18)20-12-24(2)13-23-20)9-17-7-5-16(11-22-17)14-3-4-14/h5-8,10-14,21H,3-4,9H2,1-2H3. The van der Waals surface area contributed by atoms with Gasteiger partial charge in [-0.1, -0.05) is 12.1 Å². The van der Waals surface area contributed by atoms with E-state index in [0.717, 1.165) is 22.5 Å². The molecular formula is C20H22N4O2S. The van der Waals surface area contributed by atoms with Crippen molar-refractivity contribution in [3.8, 4) is 11.3 Å². The summed E-state index contributed by atoms with van der Waals surface area (Å²) in [5.41, 5.74) is 4.81. The third-order valence-corrected chi connectivity index (χ3v) is 6.32. The van der Waals surface area contributed by atoms with Gasteiger partial charge in [0.05, 0.1) is 16.9 Å². The largest absolute Gasteiger partial charge is 0.340 e. The normalized spacial score (nSPS) is 14.4. The average molecular weight is 382 g/mol. The zero-order chi connectivity index (χ0) is 19.0. The predicted octanol–water partition coefficient (Wildman–Crippen LogP) is 2.86. The van der Waals surface area contributed by atoms with E-state index in [4.69, 9.17) is 0 Å². The Morgan fingerprint density at radius 1 is 1.19 bits per heavy atom. The molecule has 3 aromatic rings. The molecule has 1 N–H and O–H groups in total. The summed E-state index contributed by atoms with van der Waals surface area (Å²) in [5, 5.41) is 0. The SMILES string of the molecule is CNS(=O)(=O)c1ccc(Cc2ccc(C3CC3)cn2)c(-c2cn(C)cn2)c1. The lowest BCUT2D eigenvalue weighted by Crippen LogP contribution is -2.18. The number of aromatic nitrogens is 3. The fourth-order valence-corrected chi connectivity index (χ4v) is 3.93. The van der Waals surface area contributed by atoms with Gasteiger partial charge >= 0.3 is 0 Å². The van der Waals surface area contributed by atoms with Crippen molar-refractivity contribution in [3.63, 3.8) is 0 Å². The Bertz CT molecular complexity index is 1070. The van der Waals surface area contributed by atoms with Crippen molar-refractivity contribution in [2.75, 3.05) is 7.05 Å². The maximum atomic E-state index is 12.2. The lowest BCUT2D eigenvalue weighted by atomic mass is 10.00. The molecule has 1 aromatic carbocycles. The van der Waals surface area contributed by atoms with Gasteiger partial charge < -0.3 is 4.57 Å². The minimum Gasteiger partial charge on any atom is -0.340 e. The number of nitrogens with zero attached hydrogens (tertiary/aromatic N) is 3. The van der Waals surface area contributed by atoms with Crippen LogP contribution in [0.1, 0.15) is 35.6 Å². The maximum Gasteiger partial charge on any atom is 0.240 e. The molecule has 4 rings (SSSR count). The Balaban J connectivity index is 1.72. The number of rotatable bonds is 6. The van der Waals surface area contributed by atoms with Crippen molar-refractivity contribution in [1.82, 2.24) is 19.3 Å². The fraction of sp³-hybridized carbons (Fsp3) is 0.300. The number of aryl methyl sites for hydroxylation is 1. The predicted molar refractivity (Wildman–Crippen MR) is 104 cm³/mol. The molecule has 2 heterocycles. The van der Waals surface area contributed by atoms with Crippen molar-refractivity contribution >= 4 is 10.0 Å². The summed E-state index contributed by atoms with van der Waals surface area (Å²) < 4.78 is 28.7. The molecular weight excluding hydrogens is 360 g/mol. The number of sulfonamides is 1.